The summed E-state index contributed by atoms with van der Waals surface area (Å²) < 4.78 is 13.7. The lowest BCUT2D eigenvalue weighted by atomic mass is 9.32. The van der Waals surface area contributed by atoms with E-state index >= 15 is 0 Å². The molecular formula is C45H70B4N2O2. The van der Waals surface area contributed by atoms with Crippen molar-refractivity contribution in [1.29, 1.82) is 0 Å². The van der Waals surface area contributed by atoms with Gasteiger partial charge in [0.2, 0.25) is 0 Å². The maximum atomic E-state index is 6.87. The normalized spacial score (nSPS) is 33.2. The number of pyridine rings is 2. The van der Waals surface area contributed by atoms with Crippen LogP contribution in [0.25, 0.3) is 0 Å². The van der Waals surface area contributed by atoms with Crippen LogP contribution in [0.5, 0.6) is 0 Å². The highest BCUT2D eigenvalue weighted by Gasteiger charge is 2.49. The first-order chi connectivity index (χ1) is 26.3. The highest BCUT2D eigenvalue weighted by atomic mass is 16.4. The molecule has 0 aliphatic carbocycles. The molecule has 284 valence electrons. The summed E-state index contributed by atoms with van der Waals surface area (Å²) in [5.41, 5.74) is 2.72. The summed E-state index contributed by atoms with van der Waals surface area (Å²) in [4.78, 5) is 8.01. The first-order valence-corrected chi connectivity index (χ1v) is 23.4. The summed E-state index contributed by atoms with van der Waals surface area (Å²) in [7, 11) is 0. The Bertz CT molecular complexity index is 1110. The zero-order chi connectivity index (χ0) is 35.7. The Morgan fingerprint density at radius 2 is 0.566 bits per heavy atom. The van der Waals surface area contributed by atoms with E-state index in [1.54, 1.807) is 0 Å². The molecule has 0 N–H and O–H groups in total. The van der Waals surface area contributed by atoms with E-state index < -0.39 is 0 Å². The Hall–Kier alpha value is -1.52. The van der Waals surface area contributed by atoms with E-state index in [0.29, 0.717) is 27.7 Å². The Morgan fingerprint density at radius 1 is 0.358 bits per heavy atom. The van der Waals surface area contributed by atoms with Crippen LogP contribution in [0.4, 0.5) is 0 Å². The molecule has 10 rings (SSSR count). The molecule has 0 radical (unpaired) electrons. The maximum absolute atomic E-state index is 6.87. The van der Waals surface area contributed by atoms with Crippen molar-refractivity contribution in [1.82, 2.24) is 9.97 Å². The predicted molar refractivity (Wildman–Crippen MR) is 226 cm³/mol. The summed E-state index contributed by atoms with van der Waals surface area (Å²) in [5.74, 6) is 7.41. The summed E-state index contributed by atoms with van der Waals surface area (Å²) in [6.45, 7) is 2.64. The molecule has 0 unspecified atom stereocenters. The molecular weight excluding hydrogens is 644 g/mol. The van der Waals surface area contributed by atoms with Crippen LogP contribution in [0.1, 0.15) is 172 Å². The second-order valence-corrected chi connectivity index (χ2v) is 19.2. The van der Waals surface area contributed by atoms with Gasteiger partial charge in [0.05, 0.1) is 0 Å². The molecule has 8 saturated heterocycles. The van der Waals surface area contributed by atoms with Gasteiger partial charge < -0.3 is 9.14 Å². The lowest BCUT2D eigenvalue weighted by Crippen LogP contribution is -2.47. The third-order valence-electron chi connectivity index (χ3n) is 16.0. The molecule has 8 aliphatic rings. The third-order valence-corrected chi connectivity index (χ3v) is 16.0. The first kappa shape index (κ1) is 38.4. The van der Waals surface area contributed by atoms with Gasteiger partial charge in [-0.3, -0.25) is 9.97 Å². The van der Waals surface area contributed by atoms with Crippen LogP contribution >= 0.6 is 0 Å². The molecule has 4 nitrogen and oxygen atoms in total. The maximum Gasteiger partial charge on any atom is 0.282 e. The monoisotopic (exact) mass is 715 g/mol. The van der Waals surface area contributed by atoms with Gasteiger partial charge in [0.1, 0.15) is 0 Å². The molecule has 0 spiro atoms. The zero-order valence-electron chi connectivity index (χ0n) is 33.3. The van der Waals surface area contributed by atoms with Gasteiger partial charge in [-0.2, -0.15) is 0 Å². The van der Waals surface area contributed by atoms with Gasteiger partial charge in [-0.15, -0.1) is 0 Å². The van der Waals surface area contributed by atoms with Crippen molar-refractivity contribution >= 4 is 27.7 Å². The number of rotatable bonds is 8. The van der Waals surface area contributed by atoms with Crippen molar-refractivity contribution in [2.75, 3.05) is 0 Å². The Kier molecular flexibility index (Phi) is 14.2. The predicted octanol–water partition coefficient (Wildman–Crippen LogP) is 13.1. The van der Waals surface area contributed by atoms with Crippen molar-refractivity contribution in [2.24, 2.45) is 0 Å². The van der Waals surface area contributed by atoms with Gasteiger partial charge in [0.15, 0.2) is 0 Å². The summed E-state index contributed by atoms with van der Waals surface area (Å²) in [6.07, 6.45) is 46.0. The van der Waals surface area contributed by atoms with Crippen molar-refractivity contribution in [3.63, 3.8) is 0 Å². The molecule has 8 aliphatic heterocycles. The number of aromatic nitrogens is 2. The largest absolute Gasteiger partial charge is 0.498 e. The Balaban J connectivity index is 0.000000114. The van der Waals surface area contributed by atoms with E-state index in [0.717, 1.165) is 59.4 Å². The van der Waals surface area contributed by atoms with Gasteiger partial charge in [-0.05, 0) is 101 Å². The van der Waals surface area contributed by atoms with Crippen molar-refractivity contribution in [3.8, 4) is 0 Å². The fourth-order valence-electron chi connectivity index (χ4n) is 13.3. The van der Waals surface area contributed by atoms with E-state index in [4.69, 9.17) is 9.14 Å². The average molecular weight is 714 g/mol. The molecule has 10 heterocycles. The second-order valence-electron chi connectivity index (χ2n) is 19.2. The molecule has 2 aromatic rings. The van der Waals surface area contributed by atoms with Crippen molar-refractivity contribution in [2.45, 2.75) is 220 Å². The summed E-state index contributed by atoms with van der Waals surface area (Å²) >= 11 is 0. The minimum Gasteiger partial charge on any atom is -0.498 e. The first-order valence-electron chi connectivity index (χ1n) is 23.4. The van der Waals surface area contributed by atoms with E-state index in [-0.39, 0.29) is 0 Å². The fourth-order valence-corrected chi connectivity index (χ4v) is 13.3. The highest BCUT2D eigenvalue weighted by molar-refractivity contribution is 6.70. The minimum atomic E-state index is 0.661. The van der Waals surface area contributed by atoms with Crippen LogP contribution in [0, 0.1) is 0 Å². The van der Waals surface area contributed by atoms with Crippen LogP contribution in [-0.4, -0.2) is 37.6 Å². The summed E-state index contributed by atoms with van der Waals surface area (Å²) in [6, 6.07) is 8.30. The quantitative estimate of drug-likeness (QED) is 0.255. The molecule has 0 saturated carbocycles. The van der Waals surface area contributed by atoms with Gasteiger partial charge in [0, 0.05) is 24.8 Å². The number of aryl methyl sites for hydroxylation is 2. The number of fused-ring (bicyclic) bond motifs is 8. The average Bonchev–Trinajstić information content (AvgIpc) is 3.16. The minimum absolute atomic E-state index is 0.661. The van der Waals surface area contributed by atoms with Crippen LogP contribution in [0.3, 0.4) is 0 Å². The zero-order valence-corrected chi connectivity index (χ0v) is 33.3. The molecule has 0 aromatic carbocycles. The van der Waals surface area contributed by atoms with Crippen molar-refractivity contribution in [3.05, 3.63) is 60.2 Å². The molecule has 0 atom stereocenters. The topological polar surface area (TPSA) is 44.2 Å². The van der Waals surface area contributed by atoms with Crippen LogP contribution in [-0.2, 0) is 22.0 Å². The molecule has 0 amide bonds. The van der Waals surface area contributed by atoms with E-state index in [1.807, 2.05) is 24.8 Å². The Morgan fingerprint density at radius 3 is 0.774 bits per heavy atom. The van der Waals surface area contributed by atoms with Crippen LogP contribution in [0.15, 0.2) is 49.1 Å². The lowest BCUT2D eigenvalue weighted by molar-refractivity contribution is 0.342. The fraction of sp³-hybridized carbons (Fsp3) is 0.778. The van der Waals surface area contributed by atoms with E-state index in [9.17, 15) is 0 Å². The lowest BCUT2D eigenvalue weighted by Gasteiger charge is -2.46. The van der Waals surface area contributed by atoms with Crippen molar-refractivity contribution < 1.29 is 9.14 Å². The van der Waals surface area contributed by atoms with Gasteiger partial charge in [-0.1, -0.05) is 154 Å². The summed E-state index contributed by atoms with van der Waals surface area (Å²) in [5, 5.41) is 0. The molecule has 53 heavy (non-hydrogen) atoms. The standard InChI is InChI=1S/2C16H28B2O.C13H14N2/c2*1-5-13-7-2-8-14(6-1)17(13)19-18-15-9-3-10-16(18)12-4-11-15;1(2-12-4-8-14-9-5-12)3-13-6-10-15-11-7-13/h2*13-16H,1-12H2;4-11H,1-3H2. The van der Waals surface area contributed by atoms with Crippen LogP contribution < -0.4 is 0 Å². The van der Waals surface area contributed by atoms with E-state index in [1.165, 1.54) is 172 Å². The SMILES string of the molecule is C1CC2CCCC(C1)B2OB1C2CCCC1CCC2.C1CC2CCCC(C1)B2OB1C2CCCC1CCC2.c1cc(CCCc2ccncc2)ccn1. The molecule has 2 aromatic heterocycles. The molecule has 8 fully saturated rings. The molecule has 8 heteroatoms. The smallest absolute Gasteiger partial charge is 0.282 e. The van der Waals surface area contributed by atoms with Gasteiger partial charge in [0.25, 0.3) is 27.7 Å². The Labute approximate surface area is 325 Å². The van der Waals surface area contributed by atoms with E-state index in [2.05, 4.69) is 34.2 Å². The number of nitrogens with zero attached hydrogens (tertiary/aromatic N) is 2. The number of hydrogen-bond donors (Lipinski definition) is 0. The second kappa shape index (κ2) is 19.6. The third kappa shape index (κ3) is 10.1. The van der Waals surface area contributed by atoms with Gasteiger partial charge >= 0.3 is 0 Å². The number of hydrogen-bond acceptors (Lipinski definition) is 4. The van der Waals surface area contributed by atoms with Gasteiger partial charge in [-0.25, -0.2) is 0 Å². The van der Waals surface area contributed by atoms with Crippen LogP contribution in [0.2, 0.25) is 46.5 Å². The molecule has 8 bridgehead atoms. The highest BCUT2D eigenvalue weighted by Crippen LogP contribution is 2.53.